The SMILES string of the molecule is Nc1cc(NCc2ccc(Cl)cc2)sn1. The first-order chi connectivity index (χ1) is 7.24. The number of aromatic nitrogens is 1. The van der Waals surface area contributed by atoms with E-state index in [4.69, 9.17) is 17.3 Å². The van der Waals surface area contributed by atoms with Crippen molar-refractivity contribution < 1.29 is 0 Å². The second-order valence-corrected chi connectivity index (χ2v) is 4.34. The van der Waals surface area contributed by atoms with Crippen LogP contribution in [0.25, 0.3) is 0 Å². The van der Waals surface area contributed by atoms with Gasteiger partial charge in [-0.3, -0.25) is 0 Å². The molecule has 0 saturated carbocycles. The van der Waals surface area contributed by atoms with Gasteiger partial charge < -0.3 is 11.1 Å². The third-order valence-electron chi connectivity index (χ3n) is 1.91. The van der Waals surface area contributed by atoms with Gasteiger partial charge in [0.1, 0.15) is 10.8 Å². The van der Waals surface area contributed by atoms with Crippen LogP contribution in [0.3, 0.4) is 0 Å². The Balaban J connectivity index is 1.96. The molecule has 0 unspecified atom stereocenters. The zero-order valence-corrected chi connectivity index (χ0v) is 9.48. The molecule has 3 nitrogen and oxygen atoms in total. The summed E-state index contributed by atoms with van der Waals surface area (Å²) < 4.78 is 3.98. The number of nitrogens with zero attached hydrogens (tertiary/aromatic N) is 1. The molecule has 0 atom stereocenters. The number of nitrogen functional groups attached to an aromatic ring is 1. The maximum Gasteiger partial charge on any atom is 0.139 e. The molecule has 1 aromatic heterocycles. The van der Waals surface area contributed by atoms with E-state index in [1.54, 1.807) is 0 Å². The van der Waals surface area contributed by atoms with E-state index in [-0.39, 0.29) is 0 Å². The number of nitrogens with one attached hydrogen (secondary N) is 1. The summed E-state index contributed by atoms with van der Waals surface area (Å²) in [5, 5.41) is 4.96. The number of anilines is 2. The summed E-state index contributed by atoms with van der Waals surface area (Å²) in [6, 6.07) is 9.54. The number of benzene rings is 1. The van der Waals surface area contributed by atoms with E-state index < -0.39 is 0 Å². The molecule has 3 N–H and O–H groups in total. The van der Waals surface area contributed by atoms with E-state index in [1.807, 2.05) is 30.3 Å². The average Bonchev–Trinajstić information content (AvgIpc) is 2.64. The molecule has 0 radical (unpaired) electrons. The quantitative estimate of drug-likeness (QED) is 0.866. The van der Waals surface area contributed by atoms with Gasteiger partial charge in [-0.1, -0.05) is 23.7 Å². The topological polar surface area (TPSA) is 50.9 Å². The van der Waals surface area contributed by atoms with Crippen molar-refractivity contribution in [2.75, 3.05) is 11.1 Å². The van der Waals surface area contributed by atoms with Gasteiger partial charge in [-0.2, -0.15) is 4.37 Å². The molecule has 0 spiro atoms. The van der Waals surface area contributed by atoms with Gasteiger partial charge >= 0.3 is 0 Å². The molecule has 1 heterocycles. The maximum absolute atomic E-state index is 5.79. The predicted molar refractivity (Wildman–Crippen MR) is 65.3 cm³/mol. The first-order valence-corrected chi connectivity index (χ1v) is 5.60. The standard InChI is InChI=1S/C10H10ClN3S/c11-8-3-1-7(2-4-8)6-13-10-5-9(12)14-15-10/h1-5,13H,6H2,(H2,12,14). The molecule has 15 heavy (non-hydrogen) atoms. The van der Waals surface area contributed by atoms with Crippen LogP contribution in [0.1, 0.15) is 5.56 Å². The first-order valence-electron chi connectivity index (χ1n) is 4.44. The van der Waals surface area contributed by atoms with Crippen LogP contribution in [0.4, 0.5) is 10.8 Å². The van der Waals surface area contributed by atoms with Gasteiger partial charge in [0, 0.05) is 17.6 Å². The normalized spacial score (nSPS) is 10.2. The lowest BCUT2D eigenvalue weighted by molar-refractivity contribution is 1.16. The van der Waals surface area contributed by atoms with Crippen LogP contribution in [-0.2, 0) is 6.54 Å². The third-order valence-corrected chi connectivity index (χ3v) is 2.92. The minimum absolute atomic E-state index is 0.554. The van der Waals surface area contributed by atoms with E-state index in [9.17, 15) is 0 Å². The van der Waals surface area contributed by atoms with E-state index >= 15 is 0 Å². The van der Waals surface area contributed by atoms with Gasteiger partial charge in [-0.15, -0.1) is 0 Å². The number of hydrogen-bond donors (Lipinski definition) is 2. The van der Waals surface area contributed by atoms with Crippen molar-refractivity contribution >= 4 is 34.0 Å². The highest BCUT2D eigenvalue weighted by Crippen LogP contribution is 2.18. The molecule has 0 saturated heterocycles. The number of hydrogen-bond acceptors (Lipinski definition) is 4. The van der Waals surface area contributed by atoms with E-state index in [0.717, 1.165) is 16.6 Å². The zero-order chi connectivity index (χ0) is 10.7. The van der Waals surface area contributed by atoms with E-state index in [2.05, 4.69) is 9.69 Å². The van der Waals surface area contributed by atoms with Gasteiger partial charge in [-0.25, -0.2) is 0 Å². The fraction of sp³-hybridized carbons (Fsp3) is 0.100. The monoisotopic (exact) mass is 239 g/mol. The molecule has 0 aliphatic carbocycles. The van der Waals surface area contributed by atoms with Crippen molar-refractivity contribution in [3.63, 3.8) is 0 Å². The van der Waals surface area contributed by atoms with Crippen LogP contribution < -0.4 is 11.1 Å². The highest BCUT2D eigenvalue weighted by Gasteiger charge is 1.98. The first kappa shape index (κ1) is 10.3. The van der Waals surface area contributed by atoms with Crippen LogP contribution in [0.15, 0.2) is 30.3 Å². The predicted octanol–water partition coefficient (Wildman–Crippen LogP) is 2.99. The van der Waals surface area contributed by atoms with Gasteiger partial charge in [0.25, 0.3) is 0 Å². The Kier molecular flexibility index (Phi) is 3.08. The number of halogens is 1. The second kappa shape index (κ2) is 4.51. The lowest BCUT2D eigenvalue weighted by atomic mass is 10.2. The molecular weight excluding hydrogens is 230 g/mol. The van der Waals surface area contributed by atoms with Gasteiger partial charge in [0.2, 0.25) is 0 Å². The largest absolute Gasteiger partial charge is 0.383 e. The summed E-state index contributed by atoms with van der Waals surface area (Å²) in [5.41, 5.74) is 6.68. The number of nitrogens with two attached hydrogens (primary N) is 1. The molecule has 78 valence electrons. The Morgan fingerprint density at radius 2 is 2.07 bits per heavy atom. The van der Waals surface area contributed by atoms with Crippen LogP contribution in [0.5, 0.6) is 0 Å². The van der Waals surface area contributed by atoms with Gasteiger partial charge in [0.15, 0.2) is 0 Å². The highest BCUT2D eigenvalue weighted by atomic mass is 35.5. The molecule has 0 fully saturated rings. The van der Waals surface area contributed by atoms with Gasteiger partial charge in [-0.05, 0) is 29.2 Å². The van der Waals surface area contributed by atoms with Gasteiger partial charge in [0.05, 0.1) is 0 Å². The Morgan fingerprint density at radius 3 is 2.67 bits per heavy atom. The Morgan fingerprint density at radius 1 is 1.33 bits per heavy atom. The smallest absolute Gasteiger partial charge is 0.139 e. The summed E-state index contributed by atoms with van der Waals surface area (Å²) in [6.45, 7) is 0.749. The Hall–Kier alpha value is -1.26. The van der Waals surface area contributed by atoms with E-state index in [1.165, 1.54) is 17.1 Å². The van der Waals surface area contributed by atoms with Crippen LogP contribution in [0, 0.1) is 0 Å². The van der Waals surface area contributed by atoms with Crippen molar-refractivity contribution in [3.05, 3.63) is 40.9 Å². The van der Waals surface area contributed by atoms with Crippen LogP contribution in [-0.4, -0.2) is 4.37 Å². The summed E-state index contributed by atoms with van der Waals surface area (Å²) in [4.78, 5) is 0. The lowest BCUT2D eigenvalue weighted by Crippen LogP contribution is -1.96. The molecule has 0 aliphatic rings. The second-order valence-electron chi connectivity index (χ2n) is 3.10. The third kappa shape index (κ3) is 2.84. The van der Waals surface area contributed by atoms with Crippen LogP contribution in [0.2, 0.25) is 5.02 Å². The van der Waals surface area contributed by atoms with Crippen molar-refractivity contribution in [2.24, 2.45) is 0 Å². The molecule has 2 rings (SSSR count). The molecular formula is C10H10ClN3S. The van der Waals surface area contributed by atoms with E-state index in [0.29, 0.717) is 5.82 Å². The summed E-state index contributed by atoms with van der Waals surface area (Å²) in [5.74, 6) is 0.554. The molecule has 1 aromatic carbocycles. The fourth-order valence-electron chi connectivity index (χ4n) is 1.16. The molecule has 5 heteroatoms. The van der Waals surface area contributed by atoms with Crippen molar-refractivity contribution in [1.29, 1.82) is 0 Å². The summed E-state index contributed by atoms with van der Waals surface area (Å²) in [7, 11) is 0. The van der Waals surface area contributed by atoms with Crippen molar-refractivity contribution in [2.45, 2.75) is 6.54 Å². The molecule has 2 aromatic rings. The summed E-state index contributed by atoms with van der Waals surface area (Å²) in [6.07, 6.45) is 0. The zero-order valence-electron chi connectivity index (χ0n) is 7.90. The molecule has 0 bridgehead atoms. The Labute approximate surface area is 97.0 Å². The minimum atomic E-state index is 0.554. The lowest BCUT2D eigenvalue weighted by Gasteiger charge is -2.02. The average molecular weight is 240 g/mol. The highest BCUT2D eigenvalue weighted by molar-refractivity contribution is 7.10. The summed E-state index contributed by atoms with van der Waals surface area (Å²) >= 11 is 7.15. The van der Waals surface area contributed by atoms with Crippen molar-refractivity contribution in [3.8, 4) is 0 Å². The Bertz CT molecular complexity index is 438. The molecule has 0 aliphatic heterocycles. The minimum Gasteiger partial charge on any atom is -0.383 e. The number of rotatable bonds is 3. The van der Waals surface area contributed by atoms with Crippen molar-refractivity contribution in [1.82, 2.24) is 4.37 Å². The van der Waals surface area contributed by atoms with Crippen LogP contribution >= 0.6 is 23.1 Å². The maximum atomic E-state index is 5.79. The fourth-order valence-corrected chi connectivity index (χ4v) is 1.86. The molecule has 0 amide bonds.